The van der Waals surface area contributed by atoms with Gasteiger partial charge >= 0.3 is 0 Å². The first-order chi connectivity index (χ1) is 14.7. The summed E-state index contributed by atoms with van der Waals surface area (Å²) < 4.78 is 12.8. The van der Waals surface area contributed by atoms with E-state index in [2.05, 4.69) is 0 Å². The summed E-state index contributed by atoms with van der Waals surface area (Å²) in [4.78, 5) is 30.1. The standard InChI is InChI=1S/C24H26N2O4/c1-3-15-13-29-24-20-12-8-6-10-18(20)22(28)26(24)16(4-2)14-30-23-19-11-7-5-9-17(19)21(27)25(15)23/h5-12,15-16,23-24H,3-4,13-14H2,1-2H3/t15-,16-,23+,24+/m1/s1. The maximum atomic E-state index is 13.2. The molecule has 0 spiro atoms. The van der Waals surface area contributed by atoms with Crippen molar-refractivity contribution in [2.45, 2.75) is 51.2 Å². The highest BCUT2D eigenvalue weighted by Gasteiger charge is 2.46. The van der Waals surface area contributed by atoms with Gasteiger partial charge < -0.3 is 19.3 Å². The maximum absolute atomic E-state index is 13.2. The van der Waals surface area contributed by atoms with E-state index in [4.69, 9.17) is 9.47 Å². The summed E-state index contributed by atoms with van der Waals surface area (Å²) in [5.41, 5.74) is 3.17. The molecule has 0 N–H and O–H groups in total. The van der Waals surface area contributed by atoms with Gasteiger partial charge in [-0.25, -0.2) is 0 Å². The van der Waals surface area contributed by atoms with Crippen molar-refractivity contribution in [3.8, 4) is 0 Å². The predicted molar refractivity (Wildman–Crippen MR) is 111 cm³/mol. The number of carbonyl (C=O) groups is 2. The summed E-state index contributed by atoms with van der Waals surface area (Å²) in [5.74, 6) is -0.0288. The molecule has 2 aromatic carbocycles. The Morgan fingerprint density at radius 2 is 1.13 bits per heavy atom. The van der Waals surface area contributed by atoms with E-state index in [0.29, 0.717) is 24.3 Å². The van der Waals surface area contributed by atoms with Gasteiger partial charge in [-0.15, -0.1) is 0 Å². The highest BCUT2D eigenvalue weighted by atomic mass is 16.5. The van der Waals surface area contributed by atoms with E-state index in [1.807, 2.05) is 72.2 Å². The third kappa shape index (κ3) is 2.78. The van der Waals surface area contributed by atoms with Gasteiger partial charge in [-0.3, -0.25) is 9.59 Å². The van der Waals surface area contributed by atoms with Crippen LogP contribution >= 0.6 is 0 Å². The van der Waals surface area contributed by atoms with Crippen LogP contribution in [0.15, 0.2) is 48.5 Å². The zero-order valence-corrected chi connectivity index (χ0v) is 17.3. The van der Waals surface area contributed by atoms with E-state index in [0.717, 1.165) is 24.0 Å². The Morgan fingerprint density at radius 1 is 0.733 bits per heavy atom. The zero-order chi connectivity index (χ0) is 20.8. The van der Waals surface area contributed by atoms with Gasteiger partial charge in [-0.05, 0) is 25.0 Å². The lowest BCUT2D eigenvalue weighted by Gasteiger charge is -2.39. The van der Waals surface area contributed by atoms with Crippen molar-refractivity contribution in [3.63, 3.8) is 0 Å². The van der Waals surface area contributed by atoms with Crippen molar-refractivity contribution in [3.05, 3.63) is 70.8 Å². The number of nitrogens with zero attached hydrogens (tertiary/aromatic N) is 2. The molecular formula is C24H26N2O4. The highest BCUT2D eigenvalue weighted by molar-refractivity contribution is 6.00. The lowest BCUT2D eigenvalue weighted by atomic mass is 10.1. The fourth-order valence-electron chi connectivity index (χ4n) is 4.85. The number of hydrogen-bond acceptors (Lipinski definition) is 4. The summed E-state index contributed by atoms with van der Waals surface area (Å²) in [6, 6.07) is 15.0. The molecule has 2 aromatic rings. The highest BCUT2D eigenvalue weighted by Crippen LogP contribution is 2.41. The minimum Gasteiger partial charge on any atom is -0.352 e. The summed E-state index contributed by atoms with van der Waals surface area (Å²) in [6.45, 7) is 4.78. The smallest absolute Gasteiger partial charge is 0.256 e. The maximum Gasteiger partial charge on any atom is 0.256 e. The Hall–Kier alpha value is -2.70. The van der Waals surface area contributed by atoms with Gasteiger partial charge in [0.2, 0.25) is 0 Å². The normalized spacial score (nSPS) is 28.1. The Balaban J connectivity index is 1.55. The second kappa shape index (κ2) is 7.52. The van der Waals surface area contributed by atoms with Gasteiger partial charge in [0, 0.05) is 22.3 Å². The van der Waals surface area contributed by atoms with Gasteiger partial charge in [0.25, 0.3) is 11.8 Å². The molecule has 0 radical (unpaired) electrons. The zero-order valence-electron chi connectivity index (χ0n) is 17.3. The fraction of sp³-hybridized carbons (Fsp3) is 0.417. The minimum absolute atomic E-state index is 0.0144. The molecule has 0 aliphatic carbocycles. The molecule has 0 aromatic heterocycles. The van der Waals surface area contributed by atoms with Gasteiger partial charge in [0.05, 0.1) is 25.3 Å². The van der Waals surface area contributed by atoms with Gasteiger partial charge in [0.15, 0.2) is 12.5 Å². The number of amides is 2. The molecule has 2 amide bonds. The first-order valence-electron chi connectivity index (χ1n) is 10.7. The van der Waals surface area contributed by atoms with Crippen molar-refractivity contribution in [1.82, 2.24) is 9.80 Å². The largest absolute Gasteiger partial charge is 0.352 e. The van der Waals surface area contributed by atoms with Crippen LogP contribution in [-0.4, -0.2) is 46.9 Å². The van der Waals surface area contributed by atoms with Crippen LogP contribution in [0.4, 0.5) is 0 Å². The van der Waals surface area contributed by atoms with Crippen molar-refractivity contribution < 1.29 is 19.1 Å². The number of carbonyl (C=O) groups excluding carboxylic acids is 2. The topological polar surface area (TPSA) is 59.1 Å². The van der Waals surface area contributed by atoms with Crippen LogP contribution < -0.4 is 0 Å². The van der Waals surface area contributed by atoms with E-state index >= 15 is 0 Å². The lowest BCUT2D eigenvalue weighted by molar-refractivity contribution is -0.137. The van der Waals surface area contributed by atoms with E-state index in [1.165, 1.54) is 0 Å². The quantitative estimate of drug-likeness (QED) is 0.759. The monoisotopic (exact) mass is 406 g/mol. The first kappa shape index (κ1) is 19.3. The molecule has 30 heavy (non-hydrogen) atoms. The van der Waals surface area contributed by atoms with Gasteiger partial charge in [-0.1, -0.05) is 50.2 Å². The van der Waals surface area contributed by atoms with Crippen LogP contribution in [0.1, 0.15) is 71.0 Å². The van der Waals surface area contributed by atoms with Crippen LogP contribution in [0.5, 0.6) is 0 Å². The Kier molecular flexibility index (Phi) is 4.83. The van der Waals surface area contributed by atoms with Crippen molar-refractivity contribution >= 4 is 11.8 Å². The molecule has 156 valence electrons. The molecule has 1 fully saturated rings. The Bertz CT molecular complexity index is 911. The van der Waals surface area contributed by atoms with E-state index in [-0.39, 0.29) is 23.9 Å². The molecule has 6 nitrogen and oxygen atoms in total. The van der Waals surface area contributed by atoms with E-state index in [1.54, 1.807) is 0 Å². The van der Waals surface area contributed by atoms with E-state index < -0.39 is 12.5 Å². The minimum atomic E-state index is -0.451. The summed E-state index contributed by atoms with van der Waals surface area (Å²) in [5, 5.41) is 0. The summed E-state index contributed by atoms with van der Waals surface area (Å²) >= 11 is 0. The number of ether oxygens (including phenoxy) is 2. The molecule has 4 atom stereocenters. The van der Waals surface area contributed by atoms with Crippen LogP contribution in [0.25, 0.3) is 0 Å². The third-order valence-electron chi connectivity index (χ3n) is 6.51. The average molecular weight is 406 g/mol. The average Bonchev–Trinajstić information content (AvgIpc) is 3.22. The fourth-order valence-corrected chi connectivity index (χ4v) is 4.85. The molecule has 0 unspecified atom stereocenters. The first-order valence-corrected chi connectivity index (χ1v) is 10.7. The van der Waals surface area contributed by atoms with E-state index in [9.17, 15) is 9.59 Å². The second-order valence-electron chi connectivity index (χ2n) is 8.09. The molecule has 3 heterocycles. The van der Waals surface area contributed by atoms with Crippen LogP contribution in [0, 0.1) is 0 Å². The molecular weight excluding hydrogens is 380 g/mol. The van der Waals surface area contributed by atoms with Gasteiger partial charge in [-0.2, -0.15) is 0 Å². The summed E-state index contributed by atoms with van der Waals surface area (Å²) in [7, 11) is 0. The predicted octanol–water partition coefficient (Wildman–Crippen LogP) is 3.90. The third-order valence-corrected chi connectivity index (χ3v) is 6.51. The second-order valence-corrected chi connectivity index (χ2v) is 8.09. The molecule has 0 saturated carbocycles. The van der Waals surface area contributed by atoms with Crippen LogP contribution in [-0.2, 0) is 9.47 Å². The lowest BCUT2D eigenvalue weighted by Crippen LogP contribution is -2.48. The number of rotatable bonds is 2. The van der Waals surface area contributed by atoms with Crippen LogP contribution in [0.3, 0.4) is 0 Å². The van der Waals surface area contributed by atoms with Crippen molar-refractivity contribution in [2.24, 2.45) is 0 Å². The summed E-state index contributed by atoms with van der Waals surface area (Å²) in [6.07, 6.45) is 0.568. The van der Waals surface area contributed by atoms with Gasteiger partial charge in [0.1, 0.15) is 0 Å². The number of benzene rings is 2. The molecule has 6 heteroatoms. The molecule has 3 aliphatic heterocycles. The molecule has 5 rings (SSSR count). The Labute approximate surface area is 176 Å². The molecule has 1 saturated heterocycles. The SMILES string of the molecule is CC[C@@H]1CO[C@H]2c3ccccc3C(=O)N2[C@H](CC)CO[C@H]2c3ccccc3C(=O)N12. The Morgan fingerprint density at radius 3 is 1.53 bits per heavy atom. The van der Waals surface area contributed by atoms with Crippen molar-refractivity contribution in [1.29, 1.82) is 0 Å². The number of hydrogen-bond donors (Lipinski definition) is 0. The van der Waals surface area contributed by atoms with Crippen molar-refractivity contribution in [2.75, 3.05) is 13.2 Å². The van der Waals surface area contributed by atoms with Crippen LogP contribution in [0.2, 0.25) is 0 Å². The number of fused-ring (bicyclic) bond motifs is 6. The molecule has 3 aliphatic rings. The molecule has 0 bridgehead atoms.